The molecule has 2 aromatic rings. The van der Waals surface area contributed by atoms with Crippen LogP contribution in [-0.4, -0.2) is 31.6 Å². The topological polar surface area (TPSA) is 105 Å². The molecule has 0 aliphatic heterocycles. The fourth-order valence-electron chi connectivity index (χ4n) is 2.71. The quantitative estimate of drug-likeness (QED) is 0.323. The number of hydrogen-bond donors (Lipinski definition) is 3. The average Bonchev–Trinajstić information content (AvgIpc) is 2.65. The Kier molecular flexibility index (Phi) is 7.21. The average molecular weight is 458 g/mol. The van der Waals surface area contributed by atoms with Crippen LogP contribution in [0.15, 0.2) is 48.2 Å². The monoisotopic (exact) mass is 458 g/mol. The minimum absolute atomic E-state index is 0.00108. The first-order valence-corrected chi connectivity index (χ1v) is 10.5. The number of halogens is 3. The molecule has 168 valence electrons. The van der Waals surface area contributed by atoms with Crippen LogP contribution in [0.1, 0.15) is 25.0 Å². The van der Waals surface area contributed by atoms with Gasteiger partial charge < -0.3 is 15.2 Å². The second-order valence-corrected chi connectivity index (χ2v) is 8.13. The molecule has 0 unspecified atom stereocenters. The van der Waals surface area contributed by atoms with Crippen molar-refractivity contribution in [2.45, 2.75) is 26.3 Å². The standard InChI is InChI=1S/C20H21F3N2O5S/c1-4-30-19(27)17(13(3)24-14-8-6-5-7-9-14)16-11-15(10-12(2)18(16)26)25-31(28,29)20(21,22)23/h5-11,24-26H,4H2,1-3H3. The van der Waals surface area contributed by atoms with Crippen LogP contribution in [0.3, 0.4) is 0 Å². The van der Waals surface area contributed by atoms with Gasteiger partial charge in [-0.15, -0.1) is 0 Å². The van der Waals surface area contributed by atoms with E-state index < -0.39 is 32.9 Å². The van der Waals surface area contributed by atoms with E-state index in [0.29, 0.717) is 5.69 Å². The summed E-state index contributed by atoms with van der Waals surface area (Å²) in [6, 6.07) is 10.7. The third-order valence-electron chi connectivity index (χ3n) is 4.09. The lowest BCUT2D eigenvalue weighted by molar-refractivity contribution is -0.136. The van der Waals surface area contributed by atoms with Crippen molar-refractivity contribution in [2.75, 3.05) is 16.6 Å². The first-order chi connectivity index (χ1) is 14.4. The van der Waals surface area contributed by atoms with Crippen LogP contribution in [0.25, 0.3) is 5.57 Å². The summed E-state index contributed by atoms with van der Waals surface area (Å²) >= 11 is 0. The summed E-state index contributed by atoms with van der Waals surface area (Å²) < 4.78 is 67.7. The summed E-state index contributed by atoms with van der Waals surface area (Å²) in [6.45, 7) is 4.43. The number of nitrogens with one attached hydrogen (secondary N) is 2. The van der Waals surface area contributed by atoms with Crippen LogP contribution >= 0.6 is 0 Å². The maximum Gasteiger partial charge on any atom is 0.516 e. The maximum atomic E-state index is 12.8. The largest absolute Gasteiger partial charge is 0.516 e. The van der Waals surface area contributed by atoms with Gasteiger partial charge in [-0.3, -0.25) is 4.72 Å². The Hall–Kier alpha value is -3.21. The number of anilines is 2. The van der Waals surface area contributed by atoms with Crippen molar-refractivity contribution in [3.63, 3.8) is 0 Å². The zero-order chi connectivity index (χ0) is 23.4. The van der Waals surface area contributed by atoms with Gasteiger partial charge in [0.15, 0.2) is 0 Å². The summed E-state index contributed by atoms with van der Waals surface area (Å²) in [5.41, 5.74) is -5.49. The third kappa shape index (κ3) is 5.69. The number of esters is 1. The number of allylic oxidation sites excluding steroid dienone is 1. The predicted molar refractivity (Wildman–Crippen MR) is 111 cm³/mol. The smallest absolute Gasteiger partial charge is 0.507 e. The Bertz CT molecular complexity index is 1100. The Labute approximate surface area is 177 Å². The Morgan fingerprint density at radius 3 is 2.29 bits per heavy atom. The van der Waals surface area contributed by atoms with Crippen molar-refractivity contribution in [1.29, 1.82) is 0 Å². The fraction of sp³-hybridized carbons (Fsp3) is 0.250. The summed E-state index contributed by atoms with van der Waals surface area (Å²) in [4.78, 5) is 12.6. The molecule has 0 aromatic heterocycles. The van der Waals surface area contributed by atoms with E-state index in [1.807, 2.05) is 0 Å². The zero-order valence-electron chi connectivity index (χ0n) is 16.9. The number of aromatic hydroxyl groups is 1. The van der Waals surface area contributed by atoms with E-state index in [1.165, 1.54) is 18.6 Å². The number of para-hydroxylation sites is 1. The molecule has 0 amide bonds. The van der Waals surface area contributed by atoms with Crippen LogP contribution < -0.4 is 10.0 Å². The van der Waals surface area contributed by atoms with Crippen molar-refractivity contribution >= 4 is 32.9 Å². The number of phenols is 1. The van der Waals surface area contributed by atoms with E-state index >= 15 is 0 Å². The fourth-order valence-corrected chi connectivity index (χ4v) is 3.25. The molecule has 7 nitrogen and oxygen atoms in total. The van der Waals surface area contributed by atoms with Gasteiger partial charge in [0.2, 0.25) is 0 Å². The van der Waals surface area contributed by atoms with Crippen molar-refractivity contribution < 1.29 is 36.2 Å². The third-order valence-corrected chi connectivity index (χ3v) is 5.20. The van der Waals surface area contributed by atoms with Gasteiger partial charge in [0.25, 0.3) is 0 Å². The van der Waals surface area contributed by atoms with Crippen LogP contribution in [-0.2, 0) is 19.6 Å². The molecule has 11 heteroatoms. The molecule has 0 saturated heterocycles. The van der Waals surface area contributed by atoms with Crippen LogP contribution in [0.5, 0.6) is 5.75 Å². The van der Waals surface area contributed by atoms with E-state index in [-0.39, 0.29) is 29.0 Å². The lowest BCUT2D eigenvalue weighted by atomic mass is 9.99. The van der Waals surface area contributed by atoms with E-state index in [1.54, 1.807) is 37.3 Å². The summed E-state index contributed by atoms with van der Waals surface area (Å²) in [7, 11) is -5.70. The number of carbonyl (C=O) groups is 1. The van der Waals surface area contributed by atoms with Crippen molar-refractivity contribution in [2.24, 2.45) is 0 Å². The zero-order valence-corrected chi connectivity index (χ0v) is 17.7. The lowest BCUT2D eigenvalue weighted by Crippen LogP contribution is -2.30. The Morgan fingerprint density at radius 1 is 1.13 bits per heavy atom. The number of hydrogen-bond acceptors (Lipinski definition) is 6. The van der Waals surface area contributed by atoms with Gasteiger partial charge >= 0.3 is 21.5 Å². The molecule has 0 saturated carbocycles. The second kappa shape index (κ2) is 9.29. The van der Waals surface area contributed by atoms with Gasteiger partial charge in [-0.05, 0) is 50.6 Å². The van der Waals surface area contributed by atoms with Gasteiger partial charge in [-0.25, -0.2) is 4.79 Å². The van der Waals surface area contributed by atoms with Crippen LogP contribution in [0.4, 0.5) is 24.5 Å². The highest BCUT2D eigenvalue weighted by molar-refractivity contribution is 7.93. The molecule has 0 radical (unpaired) electrons. The number of carbonyl (C=O) groups excluding carboxylic acids is 1. The van der Waals surface area contributed by atoms with Crippen molar-refractivity contribution in [3.05, 3.63) is 59.3 Å². The molecule has 0 heterocycles. The normalized spacial score (nSPS) is 12.7. The molecule has 0 bridgehead atoms. The van der Waals surface area contributed by atoms with Crippen LogP contribution in [0.2, 0.25) is 0 Å². The number of phenolic OH excluding ortho intramolecular Hbond substituents is 1. The molecule has 0 fully saturated rings. The van der Waals surface area contributed by atoms with E-state index in [9.17, 15) is 31.5 Å². The molecule has 0 atom stereocenters. The number of benzene rings is 2. The summed E-state index contributed by atoms with van der Waals surface area (Å²) in [5, 5.41) is 13.5. The summed E-state index contributed by atoms with van der Waals surface area (Å²) in [6.07, 6.45) is 0. The van der Waals surface area contributed by atoms with Gasteiger partial charge in [0.05, 0.1) is 12.2 Å². The van der Waals surface area contributed by atoms with E-state index in [2.05, 4.69) is 5.32 Å². The highest BCUT2D eigenvalue weighted by atomic mass is 32.2. The van der Waals surface area contributed by atoms with Crippen molar-refractivity contribution in [1.82, 2.24) is 0 Å². The first kappa shape index (κ1) is 24.1. The summed E-state index contributed by atoms with van der Waals surface area (Å²) in [5.74, 6) is -1.26. The molecule has 2 rings (SSSR count). The van der Waals surface area contributed by atoms with E-state index in [0.717, 1.165) is 12.1 Å². The van der Waals surface area contributed by atoms with Crippen LogP contribution in [0, 0.1) is 6.92 Å². The number of aryl methyl sites for hydroxylation is 1. The van der Waals surface area contributed by atoms with E-state index in [4.69, 9.17) is 4.74 Å². The highest BCUT2D eigenvalue weighted by Crippen LogP contribution is 2.36. The van der Waals surface area contributed by atoms with Crippen molar-refractivity contribution in [3.8, 4) is 5.75 Å². The molecule has 2 aromatic carbocycles. The minimum atomic E-state index is -5.70. The minimum Gasteiger partial charge on any atom is -0.507 e. The predicted octanol–water partition coefficient (Wildman–Crippen LogP) is 4.37. The lowest BCUT2D eigenvalue weighted by Gasteiger charge is -2.18. The number of ether oxygens (including phenoxy) is 1. The maximum absolute atomic E-state index is 12.8. The number of sulfonamides is 1. The number of alkyl halides is 3. The van der Waals surface area contributed by atoms with Gasteiger partial charge in [-0.2, -0.15) is 21.6 Å². The Balaban J connectivity index is 2.64. The molecular weight excluding hydrogens is 437 g/mol. The SMILES string of the molecule is CCOC(=O)C(=C(C)Nc1ccccc1)c1cc(NS(=O)(=O)C(F)(F)F)cc(C)c1O. The molecule has 0 aliphatic rings. The number of rotatable bonds is 7. The first-order valence-electron chi connectivity index (χ1n) is 9.00. The van der Waals surface area contributed by atoms with Gasteiger partial charge in [0.1, 0.15) is 5.75 Å². The van der Waals surface area contributed by atoms with Gasteiger partial charge in [-0.1, -0.05) is 18.2 Å². The molecule has 0 spiro atoms. The Morgan fingerprint density at radius 2 is 1.74 bits per heavy atom. The molecule has 0 aliphatic carbocycles. The molecule has 3 N–H and O–H groups in total. The van der Waals surface area contributed by atoms with Gasteiger partial charge in [0, 0.05) is 22.6 Å². The second-order valence-electron chi connectivity index (χ2n) is 6.45. The molecular formula is C20H21F3N2O5S. The highest BCUT2D eigenvalue weighted by Gasteiger charge is 2.46. The molecule has 31 heavy (non-hydrogen) atoms.